The summed E-state index contributed by atoms with van der Waals surface area (Å²) in [6.45, 7) is 10.3. The molecule has 1 amide bonds. The highest BCUT2D eigenvalue weighted by Crippen LogP contribution is 2.42. The van der Waals surface area contributed by atoms with Crippen LogP contribution in [0.5, 0.6) is 0 Å². The molecule has 0 aliphatic carbocycles. The first kappa shape index (κ1) is 21.8. The molecule has 2 heterocycles. The highest BCUT2D eigenvalue weighted by molar-refractivity contribution is 7.89. The largest absolute Gasteiger partial charge is 0.361 e. The van der Waals surface area contributed by atoms with Crippen LogP contribution in [0.25, 0.3) is 0 Å². The van der Waals surface area contributed by atoms with Crippen molar-refractivity contribution < 1.29 is 13.2 Å². The molecule has 0 spiro atoms. The van der Waals surface area contributed by atoms with Gasteiger partial charge in [-0.25, -0.2) is 8.42 Å². The van der Waals surface area contributed by atoms with E-state index in [-0.39, 0.29) is 17.9 Å². The van der Waals surface area contributed by atoms with E-state index in [0.29, 0.717) is 24.5 Å². The number of carbonyl (C=O) groups is 1. The molecule has 2 aromatic carbocycles. The first-order chi connectivity index (χ1) is 14.6. The van der Waals surface area contributed by atoms with Crippen molar-refractivity contribution in [3.05, 3.63) is 53.1 Å². The van der Waals surface area contributed by atoms with E-state index in [2.05, 4.69) is 19.2 Å². The van der Waals surface area contributed by atoms with Crippen LogP contribution in [-0.4, -0.2) is 44.8 Å². The Morgan fingerprint density at radius 2 is 1.81 bits per heavy atom. The molecule has 1 fully saturated rings. The average molecular weight is 442 g/mol. The van der Waals surface area contributed by atoms with Crippen LogP contribution in [0.15, 0.2) is 41.3 Å². The van der Waals surface area contributed by atoms with Gasteiger partial charge in [0.15, 0.2) is 0 Å². The van der Waals surface area contributed by atoms with Gasteiger partial charge in [-0.15, -0.1) is 0 Å². The third-order valence-electron chi connectivity index (χ3n) is 6.54. The number of sulfonamides is 1. The molecule has 0 atom stereocenters. The van der Waals surface area contributed by atoms with Gasteiger partial charge in [0, 0.05) is 36.4 Å². The van der Waals surface area contributed by atoms with E-state index in [1.165, 1.54) is 0 Å². The number of fused-ring (bicyclic) bond motifs is 1. The highest BCUT2D eigenvalue weighted by Gasteiger charge is 2.37. The van der Waals surface area contributed by atoms with Crippen molar-refractivity contribution in [3.8, 4) is 0 Å². The number of hydrogen-bond acceptors (Lipinski definition) is 4. The lowest BCUT2D eigenvalue weighted by molar-refractivity contribution is -0.115. The molecule has 0 saturated carbocycles. The predicted octanol–water partition coefficient (Wildman–Crippen LogP) is 3.82. The number of anilines is 2. The van der Waals surface area contributed by atoms with E-state index in [1.807, 2.05) is 49.1 Å². The van der Waals surface area contributed by atoms with Crippen LogP contribution in [-0.2, 0) is 20.2 Å². The number of rotatable bonds is 5. The highest BCUT2D eigenvalue weighted by atomic mass is 32.2. The van der Waals surface area contributed by atoms with Crippen LogP contribution in [0.4, 0.5) is 11.4 Å². The molecule has 6 nitrogen and oxygen atoms in total. The Hall–Kier alpha value is -2.38. The molecule has 31 heavy (non-hydrogen) atoms. The molecule has 2 aromatic rings. The van der Waals surface area contributed by atoms with E-state index in [9.17, 15) is 13.2 Å². The zero-order chi connectivity index (χ0) is 22.4. The molecule has 1 saturated heterocycles. The molecular formula is C24H31N3O3S. The smallest absolute Gasteiger partial charge is 0.243 e. The Kier molecular flexibility index (Phi) is 5.60. The Labute approximate surface area is 185 Å². The quantitative estimate of drug-likeness (QED) is 0.766. The lowest BCUT2D eigenvalue weighted by atomic mass is 9.87. The summed E-state index contributed by atoms with van der Waals surface area (Å²) in [5.41, 5.74) is 4.70. The van der Waals surface area contributed by atoms with Gasteiger partial charge < -0.3 is 10.2 Å². The molecule has 2 aliphatic heterocycles. The third-order valence-corrected chi connectivity index (χ3v) is 8.43. The van der Waals surface area contributed by atoms with Gasteiger partial charge in [-0.05, 0) is 67.6 Å². The Bertz CT molecular complexity index is 1120. The van der Waals surface area contributed by atoms with Crippen LogP contribution in [0.3, 0.4) is 0 Å². The number of amides is 1. The molecule has 4 rings (SSSR count). The average Bonchev–Trinajstić information content (AvgIpc) is 3.33. The monoisotopic (exact) mass is 441 g/mol. The van der Waals surface area contributed by atoms with Crippen molar-refractivity contribution in [2.75, 3.05) is 36.4 Å². The van der Waals surface area contributed by atoms with Gasteiger partial charge in [0.2, 0.25) is 15.9 Å². The van der Waals surface area contributed by atoms with Crippen molar-refractivity contribution in [1.82, 2.24) is 4.31 Å². The lowest BCUT2D eigenvalue weighted by Crippen LogP contribution is -2.35. The number of benzene rings is 2. The van der Waals surface area contributed by atoms with Gasteiger partial charge in [-0.3, -0.25) is 4.79 Å². The second-order valence-electron chi connectivity index (χ2n) is 9.33. The number of carbonyl (C=O) groups excluding carboxylic acids is 1. The first-order valence-electron chi connectivity index (χ1n) is 10.9. The molecule has 166 valence electrons. The Morgan fingerprint density at radius 3 is 2.52 bits per heavy atom. The van der Waals surface area contributed by atoms with Crippen LogP contribution in [0.1, 0.15) is 43.4 Å². The third kappa shape index (κ3) is 4.08. The number of nitrogens with one attached hydrogen (secondary N) is 1. The van der Waals surface area contributed by atoms with E-state index in [4.69, 9.17) is 0 Å². The normalized spacial score (nSPS) is 18.3. The Morgan fingerprint density at radius 1 is 1.10 bits per heavy atom. The molecular weight excluding hydrogens is 410 g/mol. The molecule has 2 aliphatic rings. The molecule has 7 heteroatoms. The summed E-state index contributed by atoms with van der Waals surface area (Å²) in [5.74, 6) is -0.0777. The van der Waals surface area contributed by atoms with Crippen molar-refractivity contribution in [2.24, 2.45) is 0 Å². The van der Waals surface area contributed by atoms with E-state index in [0.717, 1.165) is 40.9 Å². The number of hydrogen-bond donors (Lipinski definition) is 1. The maximum atomic E-state index is 13.0. The number of aryl methyl sites for hydroxylation is 1. The SMILES string of the molecule is Cc1cccc(NC(=O)CN2CC(C)(C)c3cc(S(=O)(=O)N4CCCC4)ccc32)c1C. The summed E-state index contributed by atoms with van der Waals surface area (Å²) in [6.07, 6.45) is 1.83. The van der Waals surface area contributed by atoms with Crippen molar-refractivity contribution in [1.29, 1.82) is 0 Å². The zero-order valence-corrected chi connectivity index (χ0v) is 19.6. The fourth-order valence-corrected chi connectivity index (χ4v) is 6.15. The fourth-order valence-electron chi connectivity index (χ4n) is 4.61. The molecule has 0 unspecified atom stereocenters. The first-order valence-corrected chi connectivity index (χ1v) is 12.3. The summed E-state index contributed by atoms with van der Waals surface area (Å²) in [4.78, 5) is 15.2. The Balaban J connectivity index is 1.56. The van der Waals surface area contributed by atoms with Crippen molar-refractivity contribution >= 4 is 27.3 Å². The minimum absolute atomic E-state index is 0.0777. The van der Waals surface area contributed by atoms with Crippen molar-refractivity contribution in [2.45, 2.75) is 50.8 Å². The molecule has 1 N–H and O–H groups in total. The fraction of sp³-hybridized carbons (Fsp3) is 0.458. The second-order valence-corrected chi connectivity index (χ2v) is 11.3. The summed E-state index contributed by atoms with van der Waals surface area (Å²) in [5, 5.41) is 3.03. The van der Waals surface area contributed by atoms with Gasteiger partial charge in [0.1, 0.15) is 0 Å². The maximum Gasteiger partial charge on any atom is 0.243 e. The van der Waals surface area contributed by atoms with Gasteiger partial charge in [0.05, 0.1) is 11.4 Å². The van der Waals surface area contributed by atoms with Gasteiger partial charge in [-0.2, -0.15) is 4.31 Å². The summed E-state index contributed by atoms with van der Waals surface area (Å²) >= 11 is 0. The topological polar surface area (TPSA) is 69.7 Å². The van der Waals surface area contributed by atoms with Crippen LogP contribution in [0.2, 0.25) is 0 Å². The molecule has 0 aromatic heterocycles. The van der Waals surface area contributed by atoms with Crippen LogP contribution >= 0.6 is 0 Å². The van der Waals surface area contributed by atoms with Gasteiger partial charge in [-0.1, -0.05) is 26.0 Å². The molecule has 0 bridgehead atoms. The number of nitrogens with zero attached hydrogens (tertiary/aromatic N) is 2. The maximum absolute atomic E-state index is 13.0. The minimum atomic E-state index is -3.47. The standard InChI is InChI=1S/C24H31N3O3S/c1-17-8-7-9-21(18(17)2)25-23(28)15-26-16-24(3,4)20-14-19(10-11-22(20)26)31(29,30)27-12-5-6-13-27/h7-11,14H,5-6,12-13,15-16H2,1-4H3,(H,25,28). The molecule has 0 radical (unpaired) electrons. The van der Waals surface area contributed by atoms with Gasteiger partial charge >= 0.3 is 0 Å². The van der Waals surface area contributed by atoms with Crippen LogP contribution < -0.4 is 10.2 Å². The predicted molar refractivity (Wildman–Crippen MR) is 124 cm³/mol. The van der Waals surface area contributed by atoms with E-state index in [1.54, 1.807) is 10.4 Å². The summed E-state index contributed by atoms with van der Waals surface area (Å²) in [7, 11) is -3.47. The summed E-state index contributed by atoms with van der Waals surface area (Å²) < 4.78 is 27.6. The van der Waals surface area contributed by atoms with Crippen molar-refractivity contribution in [3.63, 3.8) is 0 Å². The second kappa shape index (κ2) is 7.95. The van der Waals surface area contributed by atoms with Crippen LogP contribution in [0, 0.1) is 13.8 Å². The van der Waals surface area contributed by atoms with Gasteiger partial charge in [0.25, 0.3) is 0 Å². The zero-order valence-electron chi connectivity index (χ0n) is 18.7. The summed E-state index contributed by atoms with van der Waals surface area (Å²) in [6, 6.07) is 11.2. The van der Waals surface area contributed by atoms with E-state index >= 15 is 0 Å². The lowest BCUT2D eigenvalue weighted by Gasteiger charge is -2.22. The van der Waals surface area contributed by atoms with E-state index < -0.39 is 10.0 Å². The minimum Gasteiger partial charge on any atom is -0.361 e.